The maximum atomic E-state index is 12.4. The molecule has 1 aromatic rings. The van der Waals surface area contributed by atoms with E-state index in [2.05, 4.69) is 10.6 Å². The first-order chi connectivity index (χ1) is 9.82. The van der Waals surface area contributed by atoms with Crippen molar-refractivity contribution in [2.24, 2.45) is 0 Å². The molecule has 0 saturated carbocycles. The van der Waals surface area contributed by atoms with Crippen molar-refractivity contribution in [2.45, 2.75) is 32.4 Å². The lowest BCUT2D eigenvalue weighted by Gasteiger charge is -2.43. The summed E-state index contributed by atoms with van der Waals surface area (Å²) in [4.78, 5) is 26.2. The molecule has 0 spiro atoms. The highest BCUT2D eigenvalue weighted by atomic mass is 16.2. The van der Waals surface area contributed by atoms with Gasteiger partial charge in [0.15, 0.2) is 0 Å². The molecule has 1 aliphatic heterocycles. The standard InChI is InChI=1S/C15H22N4O2/c1-10(19-9-8-17-14(21)15(19,2)3)13(20)18-12-6-4-11(16)5-7-12/h4-7,10H,8-9,16H2,1-3H3,(H,17,21)(H,18,20). The number of benzene rings is 1. The van der Waals surface area contributed by atoms with Crippen LogP contribution in [0.15, 0.2) is 24.3 Å². The van der Waals surface area contributed by atoms with E-state index in [0.29, 0.717) is 24.5 Å². The van der Waals surface area contributed by atoms with Crippen molar-refractivity contribution in [2.75, 3.05) is 24.1 Å². The Hall–Kier alpha value is -2.08. The quantitative estimate of drug-likeness (QED) is 0.719. The number of nitrogen functional groups attached to an aromatic ring is 1. The van der Waals surface area contributed by atoms with E-state index in [1.807, 2.05) is 25.7 Å². The van der Waals surface area contributed by atoms with E-state index < -0.39 is 11.6 Å². The lowest BCUT2D eigenvalue weighted by atomic mass is 9.96. The number of piperazine rings is 1. The average Bonchev–Trinajstić information content (AvgIpc) is 2.43. The van der Waals surface area contributed by atoms with Crippen molar-refractivity contribution < 1.29 is 9.59 Å². The lowest BCUT2D eigenvalue weighted by Crippen LogP contribution is -2.65. The van der Waals surface area contributed by atoms with Gasteiger partial charge in [0, 0.05) is 24.5 Å². The van der Waals surface area contributed by atoms with Gasteiger partial charge in [-0.3, -0.25) is 14.5 Å². The lowest BCUT2D eigenvalue weighted by molar-refractivity contribution is -0.139. The summed E-state index contributed by atoms with van der Waals surface area (Å²) in [6.45, 7) is 6.67. The van der Waals surface area contributed by atoms with Crippen LogP contribution in [0, 0.1) is 0 Å². The molecule has 6 heteroatoms. The molecular formula is C15H22N4O2. The topological polar surface area (TPSA) is 87.5 Å². The van der Waals surface area contributed by atoms with Crippen LogP contribution in [0.25, 0.3) is 0 Å². The van der Waals surface area contributed by atoms with Crippen LogP contribution < -0.4 is 16.4 Å². The summed E-state index contributed by atoms with van der Waals surface area (Å²) in [5.74, 6) is -0.191. The Morgan fingerprint density at radius 3 is 2.62 bits per heavy atom. The Labute approximate surface area is 124 Å². The molecule has 114 valence electrons. The van der Waals surface area contributed by atoms with Crippen molar-refractivity contribution in [3.8, 4) is 0 Å². The third-order valence-electron chi connectivity index (χ3n) is 3.94. The van der Waals surface area contributed by atoms with Gasteiger partial charge >= 0.3 is 0 Å². The monoisotopic (exact) mass is 290 g/mol. The Balaban J connectivity index is 2.08. The van der Waals surface area contributed by atoms with E-state index in [1.165, 1.54) is 0 Å². The summed E-state index contributed by atoms with van der Waals surface area (Å²) in [7, 11) is 0. The molecule has 1 fully saturated rings. The Bertz CT molecular complexity index is 539. The zero-order valence-corrected chi connectivity index (χ0v) is 12.6. The highest BCUT2D eigenvalue weighted by Crippen LogP contribution is 2.21. The number of carbonyl (C=O) groups is 2. The van der Waals surface area contributed by atoms with E-state index in [0.717, 1.165) is 0 Å². The number of anilines is 2. The molecule has 1 saturated heterocycles. The second-order valence-corrected chi connectivity index (χ2v) is 5.80. The summed E-state index contributed by atoms with van der Waals surface area (Å²) in [5, 5.41) is 5.68. The van der Waals surface area contributed by atoms with Gasteiger partial charge in [-0.15, -0.1) is 0 Å². The number of hydrogen-bond acceptors (Lipinski definition) is 4. The fraction of sp³-hybridized carbons (Fsp3) is 0.467. The number of carbonyl (C=O) groups excluding carboxylic acids is 2. The minimum atomic E-state index is -0.698. The smallest absolute Gasteiger partial charge is 0.241 e. The number of rotatable bonds is 3. The van der Waals surface area contributed by atoms with Crippen molar-refractivity contribution >= 4 is 23.2 Å². The second-order valence-electron chi connectivity index (χ2n) is 5.80. The van der Waals surface area contributed by atoms with Gasteiger partial charge in [0.2, 0.25) is 11.8 Å². The molecule has 2 amide bonds. The van der Waals surface area contributed by atoms with Gasteiger partial charge in [-0.25, -0.2) is 0 Å². The Morgan fingerprint density at radius 2 is 2.00 bits per heavy atom. The van der Waals surface area contributed by atoms with Gasteiger partial charge in [-0.05, 0) is 45.0 Å². The van der Waals surface area contributed by atoms with E-state index >= 15 is 0 Å². The van der Waals surface area contributed by atoms with Crippen LogP contribution in [0.4, 0.5) is 11.4 Å². The number of nitrogens with one attached hydrogen (secondary N) is 2. The third-order valence-corrected chi connectivity index (χ3v) is 3.94. The fourth-order valence-corrected chi connectivity index (χ4v) is 2.55. The minimum absolute atomic E-state index is 0.0547. The number of amides is 2. The van der Waals surface area contributed by atoms with Crippen LogP contribution in [-0.2, 0) is 9.59 Å². The van der Waals surface area contributed by atoms with Gasteiger partial charge in [-0.2, -0.15) is 0 Å². The van der Waals surface area contributed by atoms with Crippen LogP contribution in [0.2, 0.25) is 0 Å². The van der Waals surface area contributed by atoms with E-state index in [-0.39, 0.29) is 11.8 Å². The molecule has 1 unspecified atom stereocenters. The molecule has 0 bridgehead atoms. The minimum Gasteiger partial charge on any atom is -0.399 e. The zero-order valence-electron chi connectivity index (χ0n) is 12.6. The van der Waals surface area contributed by atoms with Gasteiger partial charge in [-0.1, -0.05) is 0 Å². The Kier molecular flexibility index (Phi) is 4.18. The van der Waals surface area contributed by atoms with Gasteiger partial charge in [0.1, 0.15) is 0 Å². The predicted molar refractivity (Wildman–Crippen MR) is 82.7 cm³/mol. The predicted octanol–water partition coefficient (Wildman–Crippen LogP) is 0.806. The summed E-state index contributed by atoms with van der Waals surface area (Å²) >= 11 is 0. The molecule has 1 heterocycles. The van der Waals surface area contributed by atoms with Crippen LogP contribution in [0.5, 0.6) is 0 Å². The van der Waals surface area contributed by atoms with Gasteiger partial charge < -0.3 is 16.4 Å². The molecule has 6 nitrogen and oxygen atoms in total. The fourth-order valence-electron chi connectivity index (χ4n) is 2.55. The van der Waals surface area contributed by atoms with E-state index in [4.69, 9.17) is 5.73 Å². The van der Waals surface area contributed by atoms with Gasteiger partial charge in [0.25, 0.3) is 0 Å². The van der Waals surface area contributed by atoms with Crippen LogP contribution in [-0.4, -0.2) is 41.4 Å². The van der Waals surface area contributed by atoms with E-state index in [1.54, 1.807) is 24.3 Å². The second kappa shape index (κ2) is 5.73. The number of nitrogens with two attached hydrogens (primary N) is 1. The maximum Gasteiger partial charge on any atom is 0.241 e. The van der Waals surface area contributed by atoms with Crippen molar-refractivity contribution in [3.05, 3.63) is 24.3 Å². The molecule has 1 aliphatic rings. The van der Waals surface area contributed by atoms with Crippen LogP contribution in [0.3, 0.4) is 0 Å². The summed E-state index contributed by atoms with van der Waals surface area (Å²) in [5.41, 5.74) is 6.26. The molecule has 1 atom stereocenters. The molecule has 0 radical (unpaired) electrons. The SMILES string of the molecule is CC(C(=O)Nc1ccc(N)cc1)N1CCNC(=O)C1(C)C. The zero-order chi connectivity index (χ0) is 15.6. The molecule has 4 N–H and O–H groups in total. The van der Waals surface area contributed by atoms with Crippen molar-refractivity contribution in [1.82, 2.24) is 10.2 Å². The largest absolute Gasteiger partial charge is 0.399 e. The first-order valence-corrected chi connectivity index (χ1v) is 7.04. The van der Waals surface area contributed by atoms with Gasteiger partial charge in [0.05, 0.1) is 11.6 Å². The van der Waals surface area contributed by atoms with E-state index in [9.17, 15) is 9.59 Å². The molecule has 1 aromatic carbocycles. The molecule has 21 heavy (non-hydrogen) atoms. The average molecular weight is 290 g/mol. The molecule has 2 rings (SSSR count). The van der Waals surface area contributed by atoms with Crippen LogP contribution >= 0.6 is 0 Å². The summed E-state index contributed by atoms with van der Waals surface area (Å²) < 4.78 is 0. The number of nitrogens with zero attached hydrogens (tertiary/aromatic N) is 1. The van der Waals surface area contributed by atoms with Crippen molar-refractivity contribution in [3.63, 3.8) is 0 Å². The maximum absolute atomic E-state index is 12.4. The molecular weight excluding hydrogens is 268 g/mol. The normalized spacial score (nSPS) is 19.7. The number of hydrogen-bond donors (Lipinski definition) is 3. The molecule has 0 aromatic heterocycles. The highest BCUT2D eigenvalue weighted by molar-refractivity contribution is 5.96. The Morgan fingerprint density at radius 1 is 1.38 bits per heavy atom. The van der Waals surface area contributed by atoms with Crippen LogP contribution in [0.1, 0.15) is 20.8 Å². The summed E-state index contributed by atoms with van der Waals surface area (Å²) in [6.07, 6.45) is 0. The first kappa shape index (κ1) is 15.3. The van der Waals surface area contributed by atoms with Crippen molar-refractivity contribution in [1.29, 1.82) is 0 Å². The highest BCUT2D eigenvalue weighted by Gasteiger charge is 2.41. The molecule has 0 aliphatic carbocycles. The summed E-state index contributed by atoms with van der Waals surface area (Å²) in [6, 6.07) is 6.59. The third kappa shape index (κ3) is 3.16. The first-order valence-electron chi connectivity index (χ1n) is 7.04.